The van der Waals surface area contributed by atoms with Gasteiger partial charge in [-0.3, -0.25) is 9.59 Å². The molecule has 2 amide bonds. The van der Waals surface area contributed by atoms with Crippen molar-refractivity contribution in [3.63, 3.8) is 0 Å². The number of carbonyl (C=O) groups excluding carboxylic acids is 2. The minimum Gasteiger partial charge on any atom is -0.330 e. The van der Waals surface area contributed by atoms with E-state index in [1.807, 2.05) is 13.0 Å². The number of nitrogens with zero attached hydrogens (tertiary/aromatic N) is 1. The summed E-state index contributed by atoms with van der Waals surface area (Å²) in [6, 6.07) is 13.8. The van der Waals surface area contributed by atoms with Gasteiger partial charge in [0, 0.05) is 12.1 Å². The Labute approximate surface area is 145 Å². The Bertz CT molecular complexity index is 685. The molecule has 0 heterocycles. The van der Waals surface area contributed by atoms with Crippen molar-refractivity contribution in [1.82, 2.24) is 4.90 Å². The molecule has 4 nitrogen and oxygen atoms in total. The number of nitrogens with one attached hydrogen (secondary N) is 1. The van der Waals surface area contributed by atoms with Crippen molar-refractivity contribution in [1.29, 1.82) is 0 Å². The molecule has 23 heavy (non-hydrogen) atoms. The molecule has 6 heteroatoms. The third-order valence-electron chi connectivity index (χ3n) is 3.25. The van der Waals surface area contributed by atoms with E-state index in [9.17, 15) is 9.59 Å². The molecule has 0 bridgehead atoms. The molecule has 2 aromatic rings. The molecular weight excluding hydrogens is 335 g/mol. The molecule has 0 fully saturated rings. The van der Waals surface area contributed by atoms with Gasteiger partial charge in [-0.1, -0.05) is 47.5 Å². The first-order valence-corrected chi connectivity index (χ1v) is 7.86. The van der Waals surface area contributed by atoms with Crippen LogP contribution in [-0.4, -0.2) is 29.8 Å². The van der Waals surface area contributed by atoms with Gasteiger partial charge in [-0.25, -0.2) is 0 Å². The van der Waals surface area contributed by atoms with Crippen LogP contribution in [0.1, 0.15) is 17.3 Å². The molecule has 0 radical (unpaired) electrons. The van der Waals surface area contributed by atoms with Crippen LogP contribution in [0.4, 0.5) is 5.69 Å². The molecule has 0 atom stereocenters. The molecule has 0 saturated carbocycles. The predicted octanol–water partition coefficient (Wildman–Crippen LogP) is 4.09. The second-order valence-electron chi connectivity index (χ2n) is 4.83. The van der Waals surface area contributed by atoms with Gasteiger partial charge in [0.2, 0.25) is 5.91 Å². The van der Waals surface area contributed by atoms with E-state index >= 15 is 0 Å². The molecule has 0 spiro atoms. The van der Waals surface area contributed by atoms with Crippen LogP contribution in [0.15, 0.2) is 48.5 Å². The maximum atomic E-state index is 12.4. The van der Waals surface area contributed by atoms with Crippen molar-refractivity contribution in [2.24, 2.45) is 0 Å². The minimum absolute atomic E-state index is 0.0776. The Kier molecular flexibility index (Phi) is 6.02. The number of rotatable bonds is 5. The summed E-state index contributed by atoms with van der Waals surface area (Å²) in [7, 11) is 0. The summed E-state index contributed by atoms with van der Waals surface area (Å²) >= 11 is 12.0. The molecule has 0 saturated heterocycles. The zero-order chi connectivity index (χ0) is 16.8. The molecule has 0 aliphatic carbocycles. The number of benzene rings is 2. The highest BCUT2D eigenvalue weighted by molar-refractivity contribution is 6.39. The summed E-state index contributed by atoms with van der Waals surface area (Å²) in [4.78, 5) is 26.0. The summed E-state index contributed by atoms with van der Waals surface area (Å²) in [5.74, 6) is -0.556. The maximum absolute atomic E-state index is 12.4. The molecule has 0 unspecified atom stereocenters. The summed E-state index contributed by atoms with van der Waals surface area (Å²) in [5, 5.41) is 3.35. The molecular formula is C17H16Cl2N2O2. The lowest BCUT2D eigenvalue weighted by Gasteiger charge is -2.20. The van der Waals surface area contributed by atoms with Crippen molar-refractivity contribution >= 4 is 40.7 Å². The highest BCUT2D eigenvalue weighted by atomic mass is 35.5. The smallest absolute Gasteiger partial charge is 0.254 e. The lowest BCUT2D eigenvalue weighted by atomic mass is 10.2. The van der Waals surface area contributed by atoms with Crippen LogP contribution in [0.5, 0.6) is 0 Å². The zero-order valence-corrected chi connectivity index (χ0v) is 14.1. The summed E-state index contributed by atoms with van der Waals surface area (Å²) < 4.78 is 0. The number of hydrogen-bond donors (Lipinski definition) is 1. The first-order valence-electron chi connectivity index (χ1n) is 7.11. The van der Waals surface area contributed by atoms with Gasteiger partial charge in [0.15, 0.2) is 0 Å². The fourth-order valence-electron chi connectivity index (χ4n) is 2.06. The number of para-hydroxylation sites is 1. The largest absolute Gasteiger partial charge is 0.330 e. The van der Waals surface area contributed by atoms with Crippen LogP contribution in [0, 0.1) is 0 Å². The van der Waals surface area contributed by atoms with E-state index in [4.69, 9.17) is 23.2 Å². The third-order valence-corrected chi connectivity index (χ3v) is 3.88. The van der Waals surface area contributed by atoms with Crippen molar-refractivity contribution in [3.05, 3.63) is 64.1 Å². The second kappa shape index (κ2) is 7.99. The Morgan fingerprint density at radius 2 is 1.61 bits per heavy atom. The first kappa shape index (κ1) is 17.3. The van der Waals surface area contributed by atoms with E-state index in [0.29, 0.717) is 27.8 Å². The monoisotopic (exact) mass is 350 g/mol. The summed E-state index contributed by atoms with van der Waals surface area (Å²) in [6.07, 6.45) is 0. The Balaban J connectivity index is 2.07. The predicted molar refractivity (Wildman–Crippen MR) is 93.1 cm³/mol. The molecule has 0 aliphatic rings. The SMILES string of the molecule is CCN(CC(=O)Nc1c(Cl)cccc1Cl)C(=O)c1ccccc1. The van der Waals surface area contributed by atoms with Crippen LogP contribution in [0.2, 0.25) is 10.0 Å². The summed E-state index contributed by atoms with van der Waals surface area (Å²) in [6.45, 7) is 2.15. The minimum atomic E-state index is -0.355. The van der Waals surface area contributed by atoms with Crippen molar-refractivity contribution in [2.75, 3.05) is 18.4 Å². The topological polar surface area (TPSA) is 49.4 Å². The first-order chi connectivity index (χ1) is 11.0. The Hall–Kier alpha value is -2.04. The number of likely N-dealkylation sites (N-methyl/N-ethyl adjacent to an activating group) is 1. The van der Waals surface area contributed by atoms with E-state index < -0.39 is 0 Å². The molecule has 2 aromatic carbocycles. The normalized spacial score (nSPS) is 10.2. The average molecular weight is 351 g/mol. The third kappa shape index (κ3) is 4.47. The van der Waals surface area contributed by atoms with E-state index in [-0.39, 0.29) is 18.4 Å². The lowest BCUT2D eigenvalue weighted by molar-refractivity contribution is -0.116. The van der Waals surface area contributed by atoms with Crippen molar-refractivity contribution in [3.8, 4) is 0 Å². The molecule has 1 N–H and O–H groups in total. The van der Waals surface area contributed by atoms with Gasteiger partial charge in [0.05, 0.1) is 15.7 Å². The van der Waals surface area contributed by atoms with Gasteiger partial charge >= 0.3 is 0 Å². The number of anilines is 1. The number of halogens is 2. The van der Waals surface area contributed by atoms with Crippen LogP contribution >= 0.6 is 23.2 Å². The van der Waals surface area contributed by atoms with Crippen LogP contribution < -0.4 is 5.32 Å². The van der Waals surface area contributed by atoms with Crippen LogP contribution in [0.25, 0.3) is 0 Å². The molecule has 0 aromatic heterocycles. The highest BCUT2D eigenvalue weighted by Crippen LogP contribution is 2.29. The maximum Gasteiger partial charge on any atom is 0.254 e. The van der Waals surface area contributed by atoms with E-state index in [2.05, 4.69) is 5.32 Å². The van der Waals surface area contributed by atoms with E-state index in [1.54, 1.807) is 42.5 Å². The standard InChI is InChI=1S/C17H16Cl2N2O2/c1-2-21(17(23)12-7-4-3-5-8-12)11-15(22)20-16-13(18)9-6-10-14(16)19/h3-10H,2,11H2,1H3,(H,20,22). The quantitative estimate of drug-likeness (QED) is 0.882. The van der Waals surface area contributed by atoms with Crippen LogP contribution in [-0.2, 0) is 4.79 Å². The highest BCUT2D eigenvalue weighted by Gasteiger charge is 2.18. The van der Waals surface area contributed by atoms with Crippen molar-refractivity contribution in [2.45, 2.75) is 6.92 Å². The zero-order valence-electron chi connectivity index (χ0n) is 12.6. The summed E-state index contributed by atoms with van der Waals surface area (Å²) in [5.41, 5.74) is 0.891. The molecule has 120 valence electrons. The fourth-order valence-corrected chi connectivity index (χ4v) is 2.55. The Morgan fingerprint density at radius 3 is 2.17 bits per heavy atom. The van der Waals surface area contributed by atoms with Gasteiger partial charge in [-0.2, -0.15) is 0 Å². The van der Waals surface area contributed by atoms with Gasteiger partial charge in [-0.05, 0) is 31.2 Å². The molecule has 2 rings (SSSR count). The van der Waals surface area contributed by atoms with E-state index in [1.165, 1.54) is 4.90 Å². The van der Waals surface area contributed by atoms with Gasteiger partial charge in [-0.15, -0.1) is 0 Å². The van der Waals surface area contributed by atoms with E-state index in [0.717, 1.165) is 0 Å². The van der Waals surface area contributed by atoms with Gasteiger partial charge < -0.3 is 10.2 Å². The van der Waals surface area contributed by atoms with Crippen LogP contribution in [0.3, 0.4) is 0 Å². The van der Waals surface area contributed by atoms with Gasteiger partial charge in [0.25, 0.3) is 5.91 Å². The fraction of sp³-hybridized carbons (Fsp3) is 0.176. The average Bonchev–Trinajstić information content (AvgIpc) is 2.56. The van der Waals surface area contributed by atoms with Crippen molar-refractivity contribution < 1.29 is 9.59 Å². The van der Waals surface area contributed by atoms with Gasteiger partial charge in [0.1, 0.15) is 6.54 Å². The Morgan fingerprint density at radius 1 is 1.00 bits per heavy atom. The number of hydrogen-bond acceptors (Lipinski definition) is 2. The lowest BCUT2D eigenvalue weighted by Crippen LogP contribution is -2.37. The number of amides is 2. The molecule has 0 aliphatic heterocycles. The number of carbonyl (C=O) groups is 2. The second-order valence-corrected chi connectivity index (χ2v) is 5.64.